The Labute approximate surface area is 109 Å². The third kappa shape index (κ3) is 3.10. The maximum absolute atomic E-state index is 11.4. The van der Waals surface area contributed by atoms with Crippen molar-refractivity contribution in [1.29, 1.82) is 0 Å². The summed E-state index contributed by atoms with van der Waals surface area (Å²) < 4.78 is 4.97. The first kappa shape index (κ1) is 13.1. The molecule has 0 spiro atoms. The molecule has 0 saturated carbocycles. The molecule has 0 bridgehead atoms. The van der Waals surface area contributed by atoms with E-state index < -0.39 is 0 Å². The minimum absolute atomic E-state index is 0.121. The highest BCUT2D eigenvalue weighted by Gasteiger charge is 2.23. The Kier molecular flexibility index (Phi) is 4.37. The van der Waals surface area contributed by atoms with Crippen LogP contribution in [0, 0.1) is 0 Å². The van der Waals surface area contributed by atoms with Gasteiger partial charge in [-0.25, -0.2) is 0 Å². The largest absolute Gasteiger partial charge is 0.466 e. The zero-order valence-corrected chi connectivity index (χ0v) is 11.1. The summed E-state index contributed by atoms with van der Waals surface area (Å²) in [5.74, 6) is -0.121. The van der Waals surface area contributed by atoms with Crippen molar-refractivity contribution < 1.29 is 9.53 Å². The van der Waals surface area contributed by atoms with E-state index in [1.807, 2.05) is 13.8 Å². The van der Waals surface area contributed by atoms with Crippen LogP contribution in [0.3, 0.4) is 0 Å². The first-order chi connectivity index (χ1) is 8.70. The van der Waals surface area contributed by atoms with Crippen molar-refractivity contribution in [3.8, 4) is 0 Å². The topological polar surface area (TPSA) is 38.3 Å². The van der Waals surface area contributed by atoms with Crippen molar-refractivity contribution in [2.75, 3.05) is 6.61 Å². The summed E-state index contributed by atoms with van der Waals surface area (Å²) in [5, 5.41) is 3.52. The predicted molar refractivity (Wildman–Crippen MR) is 71.4 cm³/mol. The second-order valence-electron chi connectivity index (χ2n) is 4.87. The number of benzene rings is 1. The van der Waals surface area contributed by atoms with E-state index in [9.17, 15) is 4.79 Å². The Bertz CT molecular complexity index is 417. The molecule has 0 aliphatic heterocycles. The third-order valence-electron chi connectivity index (χ3n) is 3.40. The standard InChI is InChI=1S/C15H21NO2/c1-3-18-15(17)10-11(2)16-14-9-8-12-6-4-5-7-13(12)14/h4-7,11,14,16H,3,8-10H2,1-2H3. The number of ether oxygens (including phenoxy) is 1. The molecule has 0 aromatic heterocycles. The predicted octanol–water partition coefficient (Wildman–Crippen LogP) is 2.61. The van der Waals surface area contributed by atoms with Crippen molar-refractivity contribution >= 4 is 5.97 Å². The Balaban J connectivity index is 1.89. The van der Waals surface area contributed by atoms with E-state index in [4.69, 9.17) is 4.74 Å². The molecule has 2 unspecified atom stereocenters. The number of hydrogen-bond donors (Lipinski definition) is 1. The number of fused-ring (bicyclic) bond motifs is 1. The molecule has 0 heterocycles. The molecule has 0 fully saturated rings. The van der Waals surface area contributed by atoms with E-state index >= 15 is 0 Å². The SMILES string of the molecule is CCOC(=O)CC(C)NC1CCc2ccccc21. The summed E-state index contributed by atoms with van der Waals surface area (Å²) >= 11 is 0. The monoisotopic (exact) mass is 247 g/mol. The molecule has 0 amide bonds. The zero-order valence-electron chi connectivity index (χ0n) is 11.1. The van der Waals surface area contributed by atoms with Gasteiger partial charge in [-0.15, -0.1) is 0 Å². The Morgan fingerprint density at radius 3 is 3.06 bits per heavy atom. The van der Waals surface area contributed by atoms with Crippen molar-refractivity contribution in [3.63, 3.8) is 0 Å². The lowest BCUT2D eigenvalue weighted by Gasteiger charge is -2.19. The van der Waals surface area contributed by atoms with Gasteiger partial charge in [0.05, 0.1) is 13.0 Å². The van der Waals surface area contributed by atoms with Crippen LogP contribution < -0.4 is 5.32 Å². The third-order valence-corrected chi connectivity index (χ3v) is 3.40. The average molecular weight is 247 g/mol. The molecule has 98 valence electrons. The highest BCUT2D eigenvalue weighted by atomic mass is 16.5. The van der Waals surface area contributed by atoms with E-state index in [0.717, 1.165) is 12.8 Å². The van der Waals surface area contributed by atoms with Crippen LogP contribution in [0.4, 0.5) is 0 Å². The molecular formula is C15H21NO2. The van der Waals surface area contributed by atoms with E-state index in [1.165, 1.54) is 11.1 Å². The van der Waals surface area contributed by atoms with Gasteiger partial charge in [-0.1, -0.05) is 24.3 Å². The lowest BCUT2D eigenvalue weighted by Crippen LogP contribution is -2.31. The Hall–Kier alpha value is -1.35. The van der Waals surface area contributed by atoms with Gasteiger partial charge >= 0.3 is 5.97 Å². The molecule has 2 rings (SSSR count). The van der Waals surface area contributed by atoms with Gasteiger partial charge in [-0.2, -0.15) is 0 Å². The highest BCUT2D eigenvalue weighted by Crippen LogP contribution is 2.31. The fraction of sp³-hybridized carbons (Fsp3) is 0.533. The summed E-state index contributed by atoms with van der Waals surface area (Å²) in [7, 11) is 0. The maximum atomic E-state index is 11.4. The maximum Gasteiger partial charge on any atom is 0.307 e. The smallest absolute Gasteiger partial charge is 0.307 e. The van der Waals surface area contributed by atoms with Gasteiger partial charge in [0.1, 0.15) is 0 Å². The molecule has 0 radical (unpaired) electrons. The van der Waals surface area contributed by atoms with Crippen LogP contribution in [0.2, 0.25) is 0 Å². The van der Waals surface area contributed by atoms with Crippen LogP contribution in [-0.4, -0.2) is 18.6 Å². The van der Waals surface area contributed by atoms with Gasteiger partial charge in [0.25, 0.3) is 0 Å². The normalized spacial score (nSPS) is 19.3. The average Bonchev–Trinajstić information content (AvgIpc) is 2.73. The van der Waals surface area contributed by atoms with Gasteiger partial charge in [0.15, 0.2) is 0 Å². The molecule has 0 saturated heterocycles. The number of aryl methyl sites for hydroxylation is 1. The summed E-state index contributed by atoms with van der Waals surface area (Å²) in [6.45, 7) is 4.33. The second kappa shape index (κ2) is 6.01. The lowest BCUT2D eigenvalue weighted by atomic mass is 10.1. The summed E-state index contributed by atoms with van der Waals surface area (Å²) in [6.07, 6.45) is 2.68. The molecule has 1 aromatic carbocycles. The van der Waals surface area contributed by atoms with Crippen molar-refractivity contribution in [1.82, 2.24) is 5.32 Å². The van der Waals surface area contributed by atoms with Gasteiger partial charge in [-0.05, 0) is 37.8 Å². The molecule has 1 aliphatic carbocycles. The quantitative estimate of drug-likeness (QED) is 0.813. The van der Waals surface area contributed by atoms with Crippen LogP contribution in [-0.2, 0) is 16.0 Å². The zero-order chi connectivity index (χ0) is 13.0. The molecule has 1 N–H and O–H groups in total. The molecule has 2 atom stereocenters. The number of rotatable bonds is 5. The summed E-state index contributed by atoms with van der Waals surface area (Å²) in [5.41, 5.74) is 2.81. The first-order valence-electron chi connectivity index (χ1n) is 6.70. The Morgan fingerprint density at radius 1 is 1.50 bits per heavy atom. The second-order valence-corrected chi connectivity index (χ2v) is 4.87. The number of nitrogens with one attached hydrogen (secondary N) is 1. The molecule has 18 heavy (non-hydrogen) atoms. The van der Waals surface area contributed by atoms with E-state index in [-0.39, 0.29) is 12.0 Å². The van der Waals surface area contributed by atoms with E-state index in [0.29, 0.717) is 19.1 Å². The van der Waals surface area contributed by atoms with Crippen LogP contribution in [0.1, 0.15) is 43.9 Å². The lowest BCUT2D eigenvalue weighted by molar-refractivity contribution is -0.143. The first-order valence-corrected chi connectivity index (χ1v) is 6.70. The minimum atomic E-state index is -0.121. The molecular weight excluding hydrogens is 226 g/mol. The summed E-state index contributed by atoms with van der Waals surface area (Å²) in [6, 6.07) is 9.06. The molecule has 1 aliphatic rings. The van der Waals surface area contributed by atoms with Crippen LogP contribution in [0.25, 0.3) is 0 Å². The van der Waals surface area contributed by atoms with E-state index in [2.05, 4.69) is 29.6 Å². The van der Waals surface area contributed by atoms with Gasteiger partial charge in [-0.3, -0.25) is 4.79 Å². The number of hydrogen-bond acceptors (Lipinski definition) is 3. The summed E-state index contributed by atoms with van der Waals surface area (Å²) in [4.78, 5) is 11.4. The molecule has 3 nitrogen and oxygen atoms in total. The van der Waals surface area contributed by atoms with Crippen LogP contribution in [0.15, 0.2) is 24.3 Å². The van der Waals surface area contributed by atoms with Crippen molar-refractivity contribution in [3.05, 3.63) is 35.4 Å². The number of carbonyl (C=O) groups excluding carboxylic acids is 1. The van der Waals surface area contributed by atoms with Crippen molar-refractivity contribution in [2.45, 2.75) is 45.2 Å². The molecule has 3 heteroatoms. The number of esters is 1. The van der Waals surface area contributed by atoms with Crippen LogP contribution in [0.5, 0.6) is 0 Å². The highest BCUT2D eigenvalue weighted by molar-refractivity contribution is 5.70. The van der Waals surface area contributed by atoms with Gasteiger partial charge in [0, 0.05) is 12.1 Å². The van der Waals surface area contributed by atoms with Crippen molar-refractivity contribution in [2.24, 2.45) is 0 Å². The van der Waals surface area contributed by atoms with Crippen LogP contribution >= 0.6 is 0 Å². The number of carbonyl (C=O) groups is 1. The fourth-order valence-electron chi connectivity index (χ4n) is 2.60. The van der Waals surface area contributed by atoms with Gasteiger partial charge in [0.2, 0.25) is 0 Å². The molecule has 1 aromatic rings. The van der Waals surface area contributed by atoms with Gasteiger partial charge < -0.3 is 10.1 Å². The minimum Gasteiger partial charge on any atom is -0.466 e. The Morgan fingerprint density at radius 2 is 2.28 bits per heavy atom. The van der Waals surface area contributed by atoms with E-state index in [1.54, 1.807) is 0 Å². The fourth-order valence-corrected chi connectivity index (χ4v) is 2.60.